The van der Waals surface area contributed by atoms with Crippen LogP contribution in [0, 0.1) is 0 Å². The Labute approximate surface area is 40.3 Å². The van der Waals surface area contributed by atoms with Gasteiger partial charge in [-0.25, -0.2) is 9.18 Å². The number of rotatable bonds is 1. The van der Waals surface area contributed by atoms with Gasteiger partial charge in [0.2, 0.25) is 0 Å². The van der Waals surface area contributed by atoms with E-state index in [2.05, 4.69) is 0 Å². The van der Waals surface area contributed by atoms with Crippen molar-refractivity contribution in [3.05, 3.63) is 11.9 Å². The van der Waals surface area contributed by atoms with Crippen molar-refractivity contribution >= 4 is 5.97 Å². The molecule has 2 nitrogen and oxygen atoms in total. The van der Waals surface area contributed by atoms with Gasteiger partial charge >= 0.3 is 5.97 Å². The Hall–Kier alpha value is -0.860. The number of aliphatic carboxylic acids is 1. The Morgan fingerprint density at radius 1 is 1.86 bits per heavy atom. The highest BCUT2D eigenvalue weighted by Crippen LogP contribution is 1.89. The van der Waals surface area contributed by atoms with E-state index in [0.29, 0.717) is 6.08 Å². The van der Waals surface area contributed by atoms with E-state index in [4.69, 9.17) is 5.11 Å². The molecule has 0 saturated heterocycles. The first-order chi connectivity index (χ1) is 3.13. The maximum Gasteiger partial charge on any atom is 0.330 e. The fourth-order valence-corrected chi connectivity index (χ4v) is 0.170. The van der Waals surface area contributed by atoms with Crippen molar-refractivity contribution in [2.75, 3.05) is 0 Å². The lowest BCUT2D eigenvalue weighted by molar-refractivity contribution is -0.131. The molecule has 3 heteroatoms. The molecule has 0 rings (SSSR count). The zero-order valence-electron chi connectivity index (χ0n) is 3.81. The van der Waals surface area contributed by atoms with Gasteiger partial charge in [-0.05, 0) is 6.92 Å². The van der Waals surface area contributed by atoms with Crippen molar-refractivity contribution in [2.45, 2.75) is 6.92 Å². The number of hydrogen-bond acceptors (Lipinski definition) is 1. The summed E-state index contributed by atoms with van der Waals surface area (Å²) in [7, 11) is 0. The second kappa shape index (κ2) is 2.34. The van der Waals surface area contributed by atoms with Crippen LogP contribution in [0.4, 0.5) is 4.39 Å². The molecule has 0 bridgehead atoms. The van der Waals surface area contributed by atoms with Crippen LogP contribution in [0.25, 0.3) is 0 Å². The summed E-state index contributed by atoms with van der Waals surface area (Å²) >= 11 is 0. The number of halogens is 1. The van der Waals surface area contributed by atoms with Gasteiger partial charge in [0, 0.05) is 0 Å². The van der Waals surface area contributed by atoms with Gasteiger partial charge in [-0.2, -0.15) is 0 Å². The SMILES string of the molecule is CC(F)=CC(=O)O. The minimum Gasteiger partial charge on any atom is -0.478 e. The molecule has 0 aliphatic heterocycles. The Kier molecular flexibility index (Phi) is 2.05. The average Bonchev–Trinajstić information content (AvgIpc) is 1.27. The van der Waals surface area contributed by atoms with Gasteiger partial charge in [0.25, 0.3) is 0 Å². The lowest BCUT2D eigenvalue weighted by Crippen LogP contribution is -1.86. The second-order valence-corrected chi connectivity index (χ2v) is 1.07. The molecule has 0 aliphatic rings. The van der Waals surface area contributed by atoms with Crippen LogP contribution in [0.5, 0.6) is 0 Å². The van der Waals surface area contributed by atoms with E-state index in [1.807, 2.05) is 0 Å². The minimum atomic E-state index is -1.25. The molecule has 0 unspecified atom stereocenters. The number of carboxylic acids is 1. The Balaban J connectivity index is 3.68. The summed E-state index contributed by atoms with van der Waals surface area (Å²) in [5.41, 5.74) is 0. The predicted octanol–water partition coefficient (Wildman–Crippen LogP) is 0.944. The molecule has 0 saturated carbocycles. The molecule has 0 spiro atoms. The lowest BCUT2D eigenvalue weighted by atomic mass is 10.5. The van der Waals surface area contributed by atoms with E-state index in [-0.39, 0.29) is 0 Å². The van der Waals surface area contributed by atoms with E-state index >= 15 is 0 Å². The van der Waals surface area contributed by atoms with Crippen LogP contribution in [0.15, 0.2) is 11.9 Å². The molecule has 1 N–H and O–H groups in total. The average molecular weight is 104 g/mol. The van der Waals surface area contributed by atoms with Gasteiger partial charge in [-0.1, -0.05) is 0 Å². The molecule has 7 heavy (non-hydrogen) atoms. The van der Waals surface area contributed by atoms with Gasteiger partial charge in [-0.15, -0.1) is 0 Å². The van der Waals surface area contributed by atoms with Crippen molar-refractivity contribution in [1.82, 2.24) is 0 Å². The van der Waals surface area contributed by atoms with Crippen LogP contribution >= 0.6 is 0 Å². The van der Waals surface area contributed by atoms with Gasteiger partial charge < -0.3 is 5.11 Å². The van der Waals surface area contributed by atoms with E-state index in [0.717, 1.165) is 6.92 Å². The number of carboxylic acid groups (broad SMARTS) is 1. The summed E-state index contributed by atoms with van der Waals surface area (Å²) in [6.07, 6.45) is 0.500. The third-order valence-electron chi connectivity index (χ3n) is 0.322. The maximum absolute atomic E-state index is 11.4. The molecule has 0 atom stereocenters. The number of allylic oxidation sites excluding steroid dienone is 1. The third kappa shape index (κ3) is 5.14. The largest absolute Gasteiger partial charge is 0.478 e. The van der Waals surface area contributed by atoms with Crippen molar-refractivity contribution in [2.24, 2.45) is 0 Å². The van der Waals surface area contributed by atoms with Gasteiger partial charge in [0.1, 0.15) is 5.83 Å². The highest BCUT2D eigenvalue weighted by atomic mass is 19.1. The van der Waals surface area contributed by atoms with Crippen LogP contribution in [0.1, 0.15) is 6.92 Å². The number of hydrogen-bond donors (Lipinski definition) is 1. The zero-order valence-corrected chi connectivity index (χ0v) is 3.81. The van der Waals surface area contributed by atoms with Crippen LogP contribution in [0.2, 0.25) is 0 Å². The van der Waals surface area contributed by atoms with E-state index in [1.165, 1.54) is 0 Å². The summed E-state index contributed by atoms with van der Waals surface area (Å²) in [4.78, 5) is 9.49. The van der Waals surface area contributed by atoms with Crippen molar-refractivity contribution < 1.29 is 14.3 Å². The van der Waals surface area contributed by atoms with E-state index in [1.54, 1.807) is 0 Å². The molecule has 0 aromatic rings. The molecule has 0 aromatic heterocycles. The topological polar surface area (TPSA) is 37.3 Å². The van der Waals surface area contributed by atoms with Gasteiger partial charge in [0.15, 0.2) is 0 Å². The summed E-state index contributed by atoms with van der Waals surface area (Å²) in [6.45, 7) is 1.08. The van der Waals surface area contributed by atoms with Gasteiger partial charge in [0.05, 0.1) is 6.08 Å². The summed E-state index contributed by atoms with van der Waals surface area (Å²) < 4.78 is 11.4. The van der Waals surface area contributed by atoms with Gasteiger partial charge in [-0.3, -0.25) is 0 Å². The monoisotopic (exact) mass is 104 g/mol. The van der Waals surface area contributed by atoms with Crippen LogP contribution in [-0.4, -0.2) is 11.1 Å². The molecule has 0 heterocycles. The molecule has 0 amide bonds. The van der Waals surface area contributed by atoms with Crippen molar-refractivity contribution in [1.29, 1.82) is 0 Å². The third-order valence-corrected chi connectivity index (χ3v) is 0.322. The fraction of sp³-hybridized carbons (Fsp3) is 0.250. The predicted molar refractivity (Wildman–Crippen MR) is 22.5 cm³/mol. The molecule has 0 aliphatic carbocycles. The highest BCUT2D eigenvalue weighted by molar-refractivity contribution is 5.80. The lowest BCUT2D eigenvalue weighted by Gasteiger charge is -1.75. The van der Waals surface area contributed by atoms with Crippen LogP contribution in [0.3, 0.4) is 0 Å². The molecular weight excluding hydrogens is 99.0 g/mol. The Morgan fingerprint density at radius 2 is 2.29 bits per heavy atom. The standard InChI is InChI=1S/C4H5FO2/c1-3(5)2-4(6)7/h2H,1H3,(H,6,7). The van der Waals surface area contributed by atoms with Crippen LogP contribution < -0.4 is 0 Å². The molecule has 0 radical (unpaired) electrons. The fourth-order valence-electron chi connectivity index (χ4n) is 0.170. The van der Waals surface area contributed by atoms with E-state index in [9.17, 15) is 9.18 Å². The smallest absolute Gasteiger partial charge is 0.330 e. The quantitative estimate of drug-likeness (QED) is 0.503. The van der Waals surface area contributed by atoms with Crippen molar-refractivity contribution in [3.8, 4) is 0 Å². The maximum atomic E-state index is 11.4. The summed E-state index contributed by atoms with van der Waals surface area (Å²) in [6, 6.07) is 0. The Bertz CT molecular complexity index is 102. The van der Waals surface area contributed by atoms with Crippen molar-refractivity contribution in [3.63, 3.8) is 0 Å². The van der Waals surface area contributed by atoms with Crippen LogP contribution in [-0.2, 0) is 4.79 Å². The summed E-state index contributed by atoms with van der Waals surface area (Å²) in [5, 5.41) is 7.77. The minimum absolute atomic E-state index is 0.500. The first-order valence-electron chi connectivity index (χ1n) is 1.69. The second-order valence-electron chi connectivity index (χ2n) is 1.07. The Morgan fingerprint density at radius 3 is 2.29 bits per heavy atom. The molecule has 0 aromatic carbocycles. The highest BCUT2D eigenvalue weighted by Gasteiger charge is 1.87. The first-order valence-corrected chi connectivity index (χ1v) is 1.69. The summed E-state index contributed by atoms with van der Waals surface area (Å²) in [5.74, 6) is -1.94. The van der Waals surface area contributed by atoms with E-state index < -0.39 is 11.8 Å². The molecular formula is C4H5FO2. The zero-order chi connectivity index (χ0) is 5.86. The molecule has 40 valence electrons. The number of carbonyl (C=O) groups is 1. The molecule has 0 fully saturated rings. The first kappa shape index (κ1) is 6.14. The normalized spacial score (nSPS) is 11.4.